The lowest BCUT2D eigenvalue weighted by atomic mass is 9.88. The molecule has 3 rings (SSSR count). The summed E-state index contributed by atoms with van der Waals surface area (Å²) in [7, 11) is 0. The molecule has 80 valence electrons. The van der Waals surface area contributed by atoms with Gasteiger partial charge in [0.15, 0.2) is 0 Å². The molecule has 0 atom stereocenters. The minimum atomic E-state index is -1.40. The summed E-state index contributed by atoms with van der Waals surface area (Å²) >= 11 is 0. The third-order valence-corrected chi connectivity index (χ3v) is 2.83. The minimum absolute atomic E-state index is 0.237. The number of carbonyl (C=O) groups is 1. The summed E-state index contributed by atoms with van der Waals surface area (Å²) in [5, 5.41) is 9.07. The Balaban J connectivity index is 2.26. The molecule has 3 fully saturated rings. The van der Waals surface area contributed by atoms with Crippen LogP contribution < -0.4 is 0 Å². The molecule has 0 aromatic rings. The highest BCUT2D eigenvalue weighted by molar-refractivity contribution is 5.74. The lowest BCUT2D eigenvalue weighted by molar-refractivity contribution is -0.478. The average molecular weight is 202 g/mol. The Bertz CT molecular complexity index is 238. The van der Waals surface area contributed by atoms with E-state index in [-0.39, 0.29) is 5.92 Å². The van der Waals surface area contributed by atoms with E-state index in [0.717, 1.165) is 0 Å². The summed E-state index contributed by atoms with van der Waals surface area (Å²) in [5.74, 6) is -2.15. The zero-order valence-electron chi connectivity index (χ0n) is 8.28. The third-order valence-electron chi connectivity index (χ3n) is 2.83. The van der Waals surface area contributed by atoms with E-state index < -0.39 is 17.4 Å². The van der Waals surface area contributed by atoms with Crippen molar-refractivity contribution >= 4 is 5.97 Å². The summed E-state index contributed by atoms with van der Waals surface area (Å²) in [5.41, 5.74) is -1.20. The molecule has 14 heavy (non-hydrogen) atoms. The van der Waals surface area contributed by atoms with E-state index in [4.69, 9.17) is 19.3 Å². The fourth-order valence-electron chi connectivity index (χ4n) is 1.62. The highest BCUT2D eigenvalue weighted by Gasteiger charge is 2.59. The number of aliphatic carboxylic acids is 1. The molecule has 0 spiro atoms. The van der Waals surface area contributed by atoms with Gasteiger partial charge >= 0.3 is 5.97 Å². The van der Waals surface area contributed by atoms with Crippen molar-refractivity contribution in [2.45, 2.75) is 19.8 Å². The first kappa shape index (κ1) is 9.89. The zero-order chi connectivity index (χ0) is 10.4. The number of rotatable bonds is 2. The maximum atomic E-state index is 11.1. The second-order valence-corrected chi connectivity index (χ2v) is 4.29. The SMILES string of the molecule is CC(C)(C(=O)O)C12OCC(CO1)CO2. The van der Waals surface area contributed by atoms with Crippen molar-refractivity contribution in [3.63, 3.8) is 0 Å². The molecule has 1 N–H and O–H groups in total. The van der Waals surface area contributed by atoms with Crippen molar-refractivity contribution in [3.8, 4) is 0 Å². The van der Waals surface area contributed by atoms with Crippen LogP contribution in [0.4, 0.5) is 0 Å². The lowest BCUT2D eigenvalue weighted by Gasteiger charge is -2.50. The predicted octanol–water partition coefficient (Wildman–Crippen LogP) is 0.444. The van der Waals surface area contributed by atoms with E-state index in [0.29, 0.717) is 19.8 Å². The number of hydrogen-bond acceptors (Lipinski definition) is 4. The van der Waals surface area contributed by atoms with Crippen LogP contribution in [-0.4, -0.2) is 36.9 Å². The molecule has 0 aliphatic carbocycles. The highest BCUT2D eigenvalue weighted by atomic mass is 16.9. The maximum Gasteiger partial charge on any atom is 0.317 e. The van der Waals surface area contributed by atoms with Crippen molar-refractivity contribution < 1.29 is 24.1 Å². The van der Waals surface area contributed by atoms with Gasteiger partial charge in [0, 0.05) is 5.92 Å². The first-order valence-corrected chi connectivity index (χ1v) is 4.63. The van der Waals surface area contributed by atoms with Crippen LogP contribution >= 0.6 is 0 Å². The van der Waals surface area contributed by atoms with Crippen LogP contribution in [0.1, 0.15) is 13.8 Å². The van der Waals surface area contributed by atoms with Gasteiger partial charge in [0.25, 0.3) is 5.97 Å². The Morgan fingerprint density at radius 3 is 2.07 bits per heavy atom. The molecular weight excluding hydrogens is 188 g/mol. The van der Waals surface area contributed by atoms with Gasteiger partial charge in [0.05, 0.1) is 19.8 Å². The molecule has 0 aromatic carbocycles. The van der Waals surface area contributed by atoms with Crippen molar-refractivity contribution in [1.29, 1.82) is 0 Å². The highest BCUT2D eigenvalue weighted by Crippen LogP contribution is 2.43. The second-order valence-electron chi connectivity index (χ2n) is 4.29. The van der Waals surface area contributed by atoms with Crippen LogP contribution in [0.25, 0.3) is 0 Å². The van der Waals surface area contributed by atoms with Gasteiger partial charge in [-0.05, 0) is 13.8 Å². The van der Waals surface area contributed by atoms with Crippen LogP contribution in [-0.2, 0) is 19.0 Å². The smallest absolute Gasteiger partial charge is 0.317 e. The summed E-state index contributed by atoms with van der Waals surface area (Å²) in [4.78, 5) is 11.1. The Kier molecular flexibility index (Phi) is 2.06. The van der Waals surface area contributed by atoms with Crippen LogP contribution in [0.5, 0.6) is 0 Å². The Morgan fingerprint density at radius 1 is 1.29 bits per heavy atom. The van der Waals surface area contributed by atoms with Gasteiger partial charge in [0.1, 0.15) is 5.41 Å². The van der Waals surface area contributed by atoms with Gasteiger partial charge in [-0.25, -0.2) is 0 Å². The average Bonchev–Trinajstić information content (AvgIpc) is 2.20. The van der Waals surface area contributed by atoms with E-state index in [1.54, 1.807) is 13.8 Å². The Hall–Kier alpha value is -0.650. The molecule has 3 heterocycles. The van der Waals surface area contributed by atoms with Crippen LogP contribution in [0.2, 0.25) is 0 Å². The molecule has 5 heteroatoms. The summed E-state index contributed by atoms with van der Waals surface area (Å²) in [6, 6.07) is 0. The zero-order valence-corrected chi connectivity index (χ0v) is 8.28. The molecule has 3 aliphatic rings. The fourth-order valence-corrected chi connectivity index (χ4v) is 1.62. The minimum Gasteiger partial charge on any atom is -0.481 e. The molecule has 0 radical (unpaired) electrons. The monoisotopic (exact) mass is 202 g/mol. The van der Waals surface area contributed by atoms with Gasteiger partial charge in [-0.3, -0.25) is 4.79 Å². The van der Waals surface area contributed by atoms with E-state index in [9.17, 15) is 4.79 Å². The molecule has 2 bridgehead atoms. The number of hydrogen-bond donors (Lipinski definition) is 1. The number of carboxylic acid groups (broad SMARTS) is 1. The molecule has 5 nitrogen and oxygen atoms in total. The van der Waals surface area contributed by atoms with Crippen LogP contribution in [0.15, 0.2) is 0 Å². The lowest BCUT2D eigenvalue weighted by Crippen LogP contribution is -2.63. The van der Waals surface area contributed by atoms with Crippen LogP contribution in [0, 0.1) is 11.3 Å². The number of ether oxygens (including phenoxy) is 3. The Morgan fingerprint density at radius 2 is 1.71 bits per heavy atom. The first-order chi connectivity index (χ1) is 6.48. The van der Waals surface area contributed by atoms with Crippen LogP contribution in [0.3, 0.4) is 0 Å². The van der Waals surface area contributed by atoms with E-state index in [2.05, 4.69) is 0 Å². The molecule has 3 aliphatic heterocycles. The number of carboxylic acids is 1. The quantitative estimate of drug-likeness (QED) is 0.704. The third kappa shape index (κ3) is 1.16. The molecular formula is C9H14O5. The van der Waals surface area contributed by atoms with E-state index in [1.807, 2.05) is 0 Å². The first-order valence-electron chi connectivity index (χ1n) is 4.63. The summed E-state index contributed by atoms with van der Waals surface area (Å²) in [6.07, 6.45) is 0. The molecule has 3 saturated heterocycles. The topological polar surface area (TPSA) is 65.0 Å². The Labute approximate surface area is 81.9 Å². The van der Waals surface area contributed by atoms with Crippen molar-refractivity contribution in [1.82, 2.24) is 0 Å². The van der Waals surface area contributed by atoms with Crippen molar-refractivity contribution in [3.05, 3.63) is 0 Å². The van der Waals surface area contributed by atoms with Gasteiger partial charge in [0.2, 0.25) is 0 Å². The molecule has 0 unspecified atom stereocenters. The van der Waals surface area contributed by atoms with Gasteiger partial charge in [-0.1, -0.05) is 0 Å². The second kappa shape index (κ2) is 2.92. The van der Waals surface area contributed by atoms with E-state index in [1.165, 1.54) is 0 Å². The standard InChI is InChI=1S/C9H14O5/c1-8(2,7(10)11)9-12-3-6(4-13-9)5-14-9/h6H,3-5H2,1-2H3,(H,10,11). The largest absolute Gasteiger partial charge is 0.481 e. The van der Waals surface area contributed by atoms with E-state index >= 15 is 0 Å². The summed E-state index contributed by atoms with van der Waals surface area (Å²) < 4.78 is 16.1. The normalized spacial score (nSPS) is 37.1. The fraction of sp³-hybridized carbons (Fsp3) is 0.889. The van der Waals surface area contributed by atoms with Gasteiger partial charge in [-0.15, -0.1) is 0 Å². The summed E-state index contributed by atoms with van der Waals surface area (Å²) in [6.45, 7) is 4.62. The number of fused-ring (bicyclic) bond motifs is 3. The molecule has 0 saturated carbocycles. The van der Waals surface area contributed by atoms with Crippen molar-refractivity contribution in [2.75, 3.05) is 19.8 Å². The van der Waals surface area contributed by atoms with Gasteiger partial charge < -0.3 is 19.3 Å². The van der Waals surface area contributed by atoms with Gasteiger partial charge in [-0.2, -0.15) is 0 Å². The van der Waals surface area contributed by atoms with Crippen molar-refractivity contribution in [2.24, 2.45) is 11.3 Å². The predicted molar refractivity (Wildman–Crippen MR) is 45.5 cm³/mol. The molecule has 0 aromatic heterocycles. The maximum absolute atomic E-state index is 11.1. The molecule has 0 amide bonds.